The van der Waals surface area contributed by atoms with Crippen molar-refractivity contribution in [1.29, 1.82) is 0 Å². The number of sulfonamides is 1. The fourth-order valence-electron chi connectivity index (χ4n) is 4.28. The lowest BCUT2D eigenvalue weighted by molar-refractivity contribution is -0.0440. The van der Waals surface area contributed by atoms with Crippen LogP contribution < -0.4 is 0 Å². The van der Waals surface area contributed by atoms with Crippen LogP contribution in [0.2, 0.25) is 0 Å². The predicted molar refractivity (Wildman–Crippen MR) is 109 cm³/mol. The van der Waals surface area contributed by atoms with Crippen molar-refractivity contribution in [2.24, 2.45) is 0 Å². The molecule has 1 saturated heterocycles. The number of benzene rings is 1. The molecule has 0 aromatic heterocycles. The largest absolute Gasteiger partial charge is 0.373 e. The van der Waals surface area contributed by atoms with Crippen molar-refractivity contribution in [3.63, 3.8) is 0 Å². The van der Waals surface area contributed by atoms with E-state index in [4.69, 9.17) is 4.74 Å². The van der Waals surface area contributed by atoms with Crippen molar-refractivity contribution < 1.29 is 17.9 Å². The number of hydrogen-bond donors (Lipinski definition) is 0. The van der Waals surface area contributed by atoms with E-state index in [1.165, 1.54) is 23.2 Å². The molecule has 1 heterocycles. The molecular weight excluding hydrogens is 376 g/mol. The highest BCUT2D eigenvalue weighted by molar-refractivity contribution is 7.89. The number of rotatable bonds is 4. The highest BCUT2D eigenvalue weighted by Gasteiger charge is 2.33. The van der Waals surface area contributed by atoms with Crippen molar-refractivity contribution in [1.82, 2.24) is 9.21 Å². The van der Waals surface area contributed by atoms with Crippen LogP contribution in [0.3, 0.4) is 0 Å². The molecule has 7 heteroatoms. The zero-order valence-corrected chi connectivity index (χ0v) is 18.0. The molecule has 0 spiro atoms. The number of hydrogen-bond acceptors (Lipinski definition) is 4. The lowest BCUT2D eigenvalue weighted by Gasteiger charge is -2.34. The molecule has 2 unspecified atom stereocenters. The summed E-state index contributed by atoms with van der Waals surface area (Å²) >= 11 is 0. The van der Waals surface area contributed by atoms with Gasteiger partial charge in [-0.1, -0.05) is 31.7 Å². The first-order valence-corrected chi connectivity index (χ1v) is 11.8. The summed E-state index contributed by atoms with van der Waals surface area (Å²) in [7, 11) is -1.82. The van der Waals surface area contributed by atoms with E-state index < -0.39 is 10.0 Å². The van der Waals surface area contributed by atoms with Crippen LogP contribution in [-0.4, -0.2) is 61.9 Å². The van der Waals surface area contributed by atoms with E-state index in [0.717, 1.165) is 25.7 Å². The van der Waals surface area contributed by atoms with Gasteiger partial charge in [0.15, 0.2) is 0 Å². The first-order valence-electron chi connectivity index (χ1n) is 10.3. The minimum atomic E-state index is -3.66. The Balaban J connectivity index is 1.80. The molecule has 6 nitrogen and oxygen atoms in total. The molecule has 2 fully saturated rings. The van der Waals surface area contributed by atoms with E-state index in [2.05, 4.69) is 0 Å². The Morgan fingerprint density at radius 1 is 1.07 bits per heavy atom. The number of ether oxygens (including phenoxy) is 1. The van der Waals surface area contributed by atoms with Gasteiger partial charge in [-0.05, 0) is 44.9 Å². The Kier molecular flexibility index (Phi) is 6.78. The maximum Gasteiger partial charge on any atom is 0.253 e. The average molecular weight is 409 g/mol. The zero-order chi connectivity index (χ0) is 20.3. The average Bonchev–Trinajstić information content (AvgIpc) is 2.95. The molecule has 0 radical (unpaired) electrons. The predicted octanol–water partition coefficient (Wildman–Crippen LogP) is 3.28. The van der Waals surface area contributed by atoms with Crippen LogP contribution in [0.4, 0.5) is 0 Å². The van der Waals surface area contributed by atoms with Crippen LogP contribution in [0.25, 0.3) is 0 Å². The molecule has 1 aromatic carbocycles. The quantitative estimate of drug-likeness (QED) is 0.717. The lowest BCUT2D eigenvalue weighted by atomic mass is 10.1. The first kappa shape index (κ1) is 21.3. The summed E-state index contributed by atoms with van der Waals surface area (Å²) in [6, 6.07) is 6.70. The van der Waals surface area contributed by atoms with Gasteiger partial charge in [0, 0.05) is 31.7 Å². The van der Waals surface area contributed by atoms with Gasteiger partial charge in [0.2, 0.25) is 10.0 Å². The van der Waals surface area contributed by atoms with Gasteiger partial charge in [-0.3, -0.25) is 4.79 Å². The normalized spacial score (nSPS) is 25.2. The van der Waals surface area contributed by atoms with Crippen molar-refractivity contribution in [3.05, 3.63) is 29.8 Å². The summed E-state index contributed by atoms with van der Waals surface area (Å²) in [6.45, 7) is 4.40. The van der Waals surface area contributed by atoms with Crippen molar-refractivity contribution in [2.75, 3.05) is 20.1 Å². The van der Waals surface area contributed by atoms with E-state index in [1.807, 2.05) is 20.9 Å². The van der Waals surface area contributed by atoms with Crippen LogP contribution in [0.1, 0.15) is 62.7 Å². The number of morpholine rings is 1. The number of nitrogens with zero attached hydrogens (tertiary/aromatic N) is 2. The van der Waals surface area contributed by atoms with Gasteiger partial charge in [-0.25, -0.2) is 8.42 Å². The summed E-state index contributed by atoms with van der Waals surface area (Å²) in [5.74, 6) is -0.104. The molecule has 1 amide bonds. The van der Waals surface area contributed by atoms with Gasteiger partial charge in [-0.2, -0.15) is 4.31 Å². The SMILES string of the molecule is CC1CN(S(=O)(=O)c2cccc(C(=O)N(C)C3CCCCCC3)c2)CC(C)O1. The summed E-state index contributed by atoms with van der Waals surface area (Å²) in [5.41, 5.74) is 0.433. The fourth-order valence-corrected chi connectivity index (χ4v) is 5.92. The van der Waals surface area contributed by atoms with Gasteiger partial charge in [0.25, 0.3) is 5.91 Å². The van der Waals surface area contributed by atoms with Crippen molar-refractivity contribution in [2.45, 2.75) is 75.5 Å². The lowest BCUT2D eigenvalue weighted by Crippen LogP contribution is -2.48. The monoisotopic (exact) mass is 408 g/mol. The van der Waals surface area contributed by atoms with Crippen LogP contribution >= 0.6 is 0 Å². The molecular formula is C21H32N2O4S. The van der Waals surface area contributed by atoms with Crippen LogP contribution in [0.5, 0.6) is 0 Å². The number of carbonyl (C=O) groups is 1. The highest BCUT2D eigenvalue weighted by atomic mass is 32.2. The molecule has 0 bridgehead atoms. The van der Waals surface area contributed by atoms with E-state index >= 15 is 0 Å². The summed E-state index contributed by atoms with van der Waals surface area (Å²) in [6.07, 6.45) is 6.47. The van der Waals surface area contributed by atoms with Gasteiger partial charge in [0.05, 0.1) is 17.1 Å². The molecule has 2 aliphatic rings. The second kappa shape index (κ2) is 8.93. The second-order valence-corrected chi connectivity index (χ2v) is 10.1. The third kappa shape index (κ3) is 4.75. The van der Waals surface area contributed by atoms with Crippen molar-refractivity contribution in [3.8, 4) is 0 Å². The van der Waals surface area contributed by atoms with E-state index in [0.29, 0.717) is 18.7 Å². The molecule has 3 rings (SSSR count). The highest BCUT2D eigenvalue weighted by Crippen LogP contribution is 2.25. The minimum Gasteiger partial charge on any atom is -0.373 e. The third-order valence-electron chi connectivity index (χ3n) is 5.80. The Hall–Kier alpha value is -1.44. The summed E-state index contributed by atoms with van der Waals surface area (Å²) in [5, 5.41) is 0. The molecule has 28 heavy (non-hydrogen) atoms. The zero-order valence-electron chi connectivity index (χ0n) is 17.1. The van der Waals surface area contributed by atoms with Crippen LogP contribution in [-0.2, 0) is 14.8 Å². The minimum absolute atomic E-state index is 0.104. The van der Waals surface area contributed by atoms with Gasteiger partial charge in [0.1, 0.15) is 0 Å². The van der Waals surface area contributed by atoms with Gasteiger partial charge >= 0.3 is 0 Å². The maximum absolute atomic E-state index is 13.1. The molecule has 1 aromatic rings. The Labute approximate surface area is 168 Å². The van der Waals surface area contributed by atoms with E-state index in [1.54, 1.807) is 23.1 Å². The molecule has 1 aliphatic heterocycles. The molecule has 1 aliphatic carbocycles. The smallest absolute Gasteiger partial charge is 0.253 e. The van der Waals surface area contributed by atoms with Gasteiger partial charge < -0.3 is 9.64 Å². The van der Waals surface area contributed by atoms with E-state index in [-0.39, 0.29) is 29.1 Å². The standard InChI is InChI=1S/C21H32N2O4S/c1-16-14-23(15-17(2)27-16)28(25,26)20-12-8-9-18(13-20)21(24)22(3)19-10-6-4-5-7-11-19/h8-9,12-13,16-17,19H,4-7,10-11,14-15H2,1-3H3. The van der Waals surface area contributed by atoms with Crippen LogP contribution in [0.15, 0.2) is 29.2 Å². The molecule has 1 saturated carbocycles. The molecule has 0 N–H and O–H groups in total. The Morgan fingerprint density at radius 3 is 2.29 bits per heavy atom. The topological polar surface area (TPSA) is 66.9 Å². The van der Waals surface area contributed by atoms with Gasteiger partial charge in [-0.15, -0.1) is 0 Å². The Bertz CT molecular complexity index is 777. The maximum atomic E-state index is 13.1. The van der Waals surface area contributed by atoms with E-state index in [9.17, 15) is 13.2 Å². The summed E-state index contributed by atoms with van der Waals surface area (Å²) < 4.78 is 33.3. The second-order valence-electron chi connectivity index (χ2n) is 8.17. The third-order valence-corrected chi connectivity index (χ3v) is 7.63. The van der Waals surface area contributed by atoms with Crippen LogP contribution in [0, 0.1) is 0 Å². The number of carbonyl (C=O) groups excluding carboxylic acids is 1. The summed E-state index contributed by atoms with van der Waals surface area (Å²) in [4.78, 5) is 15.0. The fraction of sp³-hybridized carbons (Fsp3) is 0.667. The van der Waals surface area contributed by atoms with Crippen molar-refractivity contribution >= 4 is 15.9 Å². The molecule has 156 valence electrons. The molecule has 2 atom stereocenters. The first-order chi connectivity index (χ1) is 13.3. The Morgan fingerprint density at radius 2 is 1.68 bits per heavy atom. The number of amides is 1.